The third-order valence-electron chi connectivity index (χ3n) is 4.14. The summed E-state index contributed by atoms with van der Waals surface area (Å²) in [5.41, 5.74) is 1.62. The number of amides is 2. The van der Waals surface area contributed by atoms with E-state index < -0.39 is 0 Å². The Balaban J connectivity index is 1.88. The van der Waals surface area contributed by atoms with Gasteiger partial charge in [0.25, 0.3) is 11.1 Å². The fourth-order valence-corrected chi connectivity index (χ4v) is 4.60. The van der Waals surface area contributed by atoms with Crippen molar-refractivity contribution >= 4 is 63.2 Å². The average molecular weight is 556 g/mol. The largest absolute Gasteiger partial charge is 0.490 e. The fourth-order valence-electron chi connectivity index (χ4n) is 2.78. The molecule has 2 aromatic rings. The Morgan fingerprint density at radius 2 is 2.00 bits per heavy atom. The van der Waals surface area contributed by atoms with Gasteiger partial charge < -0.3 is 9.47 Å². The number of hydrogen-bond donors (Lipinski definition) is 0. The number of nitrogens with zero attached hydrogens (tertiary/aromatic N) is 1. The molecule has 0 N–H and O–H groups in total. The molecule has 2 amide bonds. The third-order valence-corrected chi connectivity index (χ3v) is 6.22. The highest BCUT2D eigenvalue weighted by Crippen LogP contribution is 2.38. The van der Waals surface area contributed by atoms with Gasteiger partial charge in [0, 0.05) is 17.1 Å². The summed E-state index contributed by atoms with van der Waals surface area (Å²) in [5, 5.41) is 0.336. The van der Waals surface area contributed by atoms with Crippen molar-refractivity contribution in [1.82, 2.24) is 4.90 Å². The molecule has 8 heteroatoms. The van der Waals surface area contributed by atoms with Gasteiger partial charge in [0.2, 0.25) is 0 Å². The van der Waals surface area contributed by atoms with E-state index >= 15 is 0 Å². The van der Waals surface area contributed by atoms with Crippen LogP contribution in [0.4, 0.5) is 4.79 Å². The topological polar surface area (TPSA) is 55.8 Å². The van der Waals surface area contributed by atoms with Crippen molar-refractivity contribution in [2.24, 2.45) is 0 Å². The summed E-state index contributed by atoms with van der Waals surface area (Å²) in [6.07, 6.45) is 3.22. The zero-order valence-electron chi connectivity index (χ0n) is 16.2. The molecule has 30 heavy (non-hydrogen) atoms. The minimum Gasteiger partial charge on any atom is -0.490 e. The first-order chi connectivity index (χ1) is 14.4. The van der Waals surface area contributed by atoms with Gasteiger partial charge >= 0.3 is 0 Å². The minimum atomic E-state index is -0.322. The molecule has 0 atom stereocenters. The molecule has 1 saturated heterocycles. The average Bonchev–Trinajstić information content (AvgIpc) is 2.96. The Kier molecular flexibility index (Phi) is 7.85. The van der Waals surface area contributed by atoms with Gasteiger partial charge in [0.1, 0.15) is 6.61 Å². The van der Waals surface area contributed by atoms with Crippen LogP contribution in [0, 0.1) is 3.57 Å². The number of benzene rings is 2. The quantitative estimate of drug-likeness (QED) is 0.222. The van der Waals surface area contributed by atoms with E-state index in [9.17, 15) is 9.59 Å². The van der Waals surface area contributed by atoms with Crippen molar-refractivity contribution in [2.75, 3.05) is 13.2 Å². The second-order valence-electron chi connectivity index (χ2n) is 6.22. The molecule has 0 aromatic heterocycles. The van der Waals surface area contributed by atoms with E-state index in [1.165, 1.54) is 11.0 Å². The molecule has 1 heterocycles. The molecule has 1 aliphatic heterocycles. The van der Waals surface area contributed by atoms with Crippen LogP contribution in [-0.2, 0) is 11.4 Å². The molecule has 0 aliphatic carbocycles. The molecule has 5 nitrogen and oxygen atoms in total. The summed E-state index contributed by atoms with van der Waals surface area (Å²) < 4.78 is 12.6. The maximum Gasteiger partial charge on any atom is 0.293 e. The number of ether oxygens (including phenoxy) is 2. The molecule has 0 unspecified atom stereocenters. The van der Waals surface area contributed by atoms with Crippen molar-refractivity contribution in [3.05, 3.63) is 73.7 Å². The van der Waals surface area contributed by atoms with Gasteiger partial charge in [-0.1, -0.05) is 35.9 Å². The lowest BCUT2D eigenvalue weighted by Crippen LogP contribution is -2.27. The number of hydrogen-bond acceptors (Lipinski definition) is 5. The first kappa shape index (κ1) is 22.7. The zero-order valence-corrected chi connectivity index (χ0v) is 19.9. The fraction of sp³-hybridized carbons (Fsp3) is 0.182. The number of carbonyl (C=O) groups is 2. The summed E-state index contributed by atoms with van der Waals surface area (Å²) in [6, 6.07) is 11.2. The molecule has 0 bridgehead atoms. The van der Waals surface area contributed by atoms with Crippen LogP contribution in [0.3, 0.4) is 0 Å². The van der Waals surface area contributed by atoms with E-state index in [1.54, 1.807) is 12.1 Å². The summed E-state index contributed by atoms with van der Waals surface area (Å²) in [6.45, 7) is 6.42. The highest BCUT2D eigenvalue weighted by atomic mass is 127. The number of thioether (sulfide) groups is 1. The van der Waals surface area contributed by atoms with Crippen LogP contribution in [-0.4, -0.2) is 29.2 Å². The van der Waals surface area contributed by atoms with Crippen LogP contribution in [0.5, 0.6) is 11.5 Å². The molecule has 156 valence electrons. The lowest BCUT2D eigenvalue weighted by molar-refractivity contribution is -0.122. The van der Waals surface area contributed by atoms with Crippen LogP contribution in [0.25, 0.3) is 6.08 Å². The number of imide groups is 1. The van der Waals surface area contributed by atoms with Crippen LogP contribution in [0.15, 0.2) is 54.0 Å². The second-order valence-corrected chi connectivity index (χ2v) is 8.79. The molecular weight excluding hydrogens is 537 g/mol. The number of carbonyl (C=O) groups excluding carboxylic acids is 2. The molecule has 0 saturated carbocycles. The van der Waals surface area contributed by atoms with Crippen LogP contribution in [0.2, 0.25) is 5.02 Å². The van der Waals surface area contributed by atoms with Gasteiger partial charge in [-0.15, -0.1) is 6.58 Å². The number of rotatable bonds is 8. The Hall–Kier alpha value is -1.97. The van der Waals surface area contributed by atoms with E-state index in [0.717, 1.165) is 26.5 Å². The number of halogens is 2. The monoisotopic (exact) mass is 555 g/mol. The summed E-state index contributed by atoms with van der Waals surface area (Å²) >= 11 is 9.30. The standard InChI is InChI=1S/C22H19ClINO4S/c1-3-9-25-21(26)19(30-22(25)27)12-14-10-17(24)20(18(11-14)28-4-2)29-13-15-7-5-6-8-16(15)23/h3,5-8,10-12H,1,4,9,13H2,2H3/b19-12+. The van der Waals surface area contributed by atoms with Crippen molar-refractivity contribution in [1.29, 1.82) is 0 Å². The van der Waals surface area contributed by atoms with E-state index in [4.69, 9.17) is 21.1 Å². The first-order valence-electron chi connectivity index (χ1n) is 9.13. The van der Waals surface area contributed by atoms with Crippen LogP contribution < -0.4 is 9.47 Å². The molecule has 1 aliphatic rings. The minimum absolute atomic E-state index is 0.193. The summed E-state index contributed by atoms with van der Waals surface area (Å²) in [5.74, 6) is 0.846. The van der Waals surface area contributed by atoms with E-state index in [2.05, 4.69) is 29.2 Å². The van der Waals surface area contributed by atoms with Crippen molar-refractivity contribution < 1.29 is 19.1 Å². The van der Waals surface area contributed by atoms with E-state index in [-0.39, 0.29) is 17.7 Å². The van der Waals surface area contributed by atoms with E-state index in [1.807, 2.05) is 37.3 Å². The molecule has 3 rings (SSSR count). The Bertz CT molecular complexity index is 1020. The summed E-state index contributed by atoms with van der Waals surface area (Å²) in [4.78, 5) is 26.0. The second kappa shape index (κ2) is 10.4. The van der Waals surface area contributed by atoms with Gasteiger partial charge in [-0.3, -0.25) is 14.5 Å². The molecule has 0 spiro atoms. The van der Waals surface area contributed by atoms with Crippen molar-refractivity contribution in [2.45, 2.75) is 13.5 Å². The zero-order chi connectivity index (χ0) is 21.7. The Labute approximate surface area is 198 Å². The summed E-state index contributed by atoms with van der Waals surface area (Å²) in [7, 11) is 0. The van der Waals surface area contributed by atoms with Crippen LogP contribution >= 0.6 is 46.0 Å². The van der Waals surface area contributed by atoms with Gasteiger partial charge in [-0.2, -0.15) is 0 Å². The smallest absolute Gasteiger partial charge is 0.293 e. The highest BCUT2D eigenvalue weighted by Gasteiger charge is 2.34. The lowest BCUT2D eigenvalue weighted by Gasteiger charge is -2.15. The van der Waals surface area contributed by atoms with Gasteiger partial charge in [0.05, 0.1) is 15.1 Å². The maximum absolute atomic E-state index is 12.5. The van der Waals surface area contributed by atoms with Gasteiger partial charge in [-0.05, 0) is 71.1 Å². The van der Waals surface area contributed by atoms with Gasteiger partial charge in [-0.25, -0.2) is 0 Å². The molecular formula is C22H19ClINO4S. The lowest BCUT2D eigenvalue weighted by atomic mass is 10.1. The Morgan fingerprint density at radius 1 is 1.23 bits per heavy atom. The van der Waals surface area contributed by atoms with Crippen molar-refractivity contribution in [3.8, 4) is 11.5 Å². The Morgan fingerprint density at radius 3 is 2.70 bits per heavy atom. The highest BCUT2D eigenvalue weighted by molar-refractivity contribution is 14.1. The normalized spacial score (nSPS) is 15.0. The van der Waals surface area contributed by atoms with E-state index in [0.29, 0.717) is 34.6 Å². The van der Waals surface area contributed by atoms with Crippen molar-refractivity contribution in [3.63, 3.8) is 0 Å². The van der Waals surface area contributed by atoms with Gasteiger partial charge in [0.15, 0.2) is 11.5 Å². The molecule has 1 fully saturated rings. The maximum atomic E-state index is 12.5. The third kappa shape index (κ3) is 5.19. The predicted molar refractivity (Wildman–Crippen MR) is 129 cm³/mol. The SMILES string of the molecule is C=CCN1C(=O)S/C(=C/c2cc(I)c(OCc3ccccc3Cl)c(OCC)c2)C1=O. The predicted octanol–water partition coefficient (Wildman–Crippen LogP) is 6.14. The molecule has 0 radical (unpaired) electrons. The van der Waals surface area contributed by atoms with Crippen LogP contribution in [0.1, 0.15) is 18.1 Å². The molecule has 2 aromatic carbocycles. The first-order valence-corrected chi connectivity index (χ1v) is 11.4.